The van der Waals surface area contributed by atoms with Crippen molar-refractivity contribution in [3.8, 4) is 11.5 Å². The molecule has 108 valence electrons. The zero-order chi connectivity index (χ0) is 14.7. The molecular formula is C14H15Cl2NO2S. The van der Waals surface area contributed by atoms with Gasteiger partial charge >= 0.3 is 0 Å². The van der Waals surface area contributed by atoms with Crippen LogP contribution in [0, 0.1) is 0 Å². The van der Waals surface area contributed by atoms with Gasteiger partial charge in [0.2, 0.25) is 0 Å². The molecule has 0 saturated carbocycles. The maximum absolute atomic E-state index is 6.25. The van der Waals surface area contributed by atoms with E-state index in [4.69, 9.17) is 32.7 Å². The molecule has 6 heteroatoms. The van der Waals surface area contributed by atoms with Gasteiger partial charge in [0.1, 0.15) is 0 Å². The summed E-state index contributed by atoms with van der Waals surface area (Å²) < 4.78 is 11.3. The lowest BCUT2D eigenvalue weighted by molar-refractivity contribution is 0.355. The monoisotopic (exact) mass is 331 g/mol. The molecule has 1 unspecified atom stereocenters. The van der Waals surface area contributed by atoms with Gasteiger partial charge in [0.25, 0.3) is 0 Å². The summed E-state index contributed by atoms with van der Waals surface area (Å²) in [6.45, 7) is 2.05. The third-order valence-corrected chi connectivity index (χ3v) is 4.59. The number of anilines is 1. The summed E-state index contributed by atoms with van der Waals surface area (Å²) >= 11 is 13.7. The number of halogens is 2. The molecule has 2 rings (SSSR count). The summed E-state index contributed by atoms with van der Waals surface area (Å²) in [5.41, 5.74) is 0.793. The molecule has 0 radical (unpaired) electrons. The van der Waals surface area contributed by atoms with E-state index >= 15 is 0 Å². The topological polar surface area (TPSA) is 30.5 Å². The first-order valence-electron chi connectivity index (χ1n) is 5.98. The summed E-state index contributed by atoms with van der Waals surface area (Å²) in [6, 6.07) is 7.54. The Morgan fingerprint density at radius 3 is 2.30 bits per heavy atom. The van der Waals surface area contributed by atoms with E-state index in [0.29, 0.717) is 16.5 Å². The van der Waals surface area contributed by atoms with Crippen molar-refractivity contribution in [3.63, 3.8) is 0 Å². The van der Waals surface area contributed by atoms with Crippen LogP contribution < -0.4 is 14.8 Å². The van der Waals surface area contributed by atoms with Crippen molar-refractivity contribution in [1.29, 1.82) is 0 Å². The number of hydrogen-bond acceptors (Lipinski definition) is 4. The lowest BCUT2D eigenvalue weighted by Crippen LogP contribution is -2.05. The fourth-order valence-corrected chi connectivity index (χ4v) is 3.10. The highest BCUT2D eigenvalue weighted by molar-refractivity contribution is 7.16. The summed E-state index contributed by atoms with van der Waals surface area (Å²) in [6.07, 6.45) is 0. The lowest BCUT2D eigenvalue weighted by Gasteiger charge is -2.17. The van der Waals surface area contributed by atoms with Gasteiger partial charge in [0.05, 0.1) is 35.3 Å². The number of ether oxygens (including phenoxy) is 2. The summed E-state index contributed by atoms with van der Waals surface area (Å²) in [5.74, 6) is 1.24. The third kappa shape index (κ3) is 3.32. The molecule has 0 aliphatic rings. The molecule has 0 fully saturated rings. The van der Waals surface area contributed by atoms with E-state index in [1.807, 2.05) is 18.2 Å². The minimum atomic E-state index is 0.100. The van der Waals surface area contributed by atoms with Crippen molar-refractivity contribution in [2.75, 3.05) is 19.5 Å². The van der Waals surface area contributed by atoms with Gasteiger partial charge in [-0.15, -0.1) is 11.3 Å². The highest BCUT2D eigenvalue weighted by Crippen LogP contribution is 2.38. The van der Waals surface area contributed by atoms with Crippen molar-refractivity contribution in [2.24, 2.45) is 0 Å². The lowest BCUT2D eigenvalue weighted by atomic mass is 10.2. The standard InChI is InChI=1S/C14H15Cl2NO2S/c1-8(13-4-5-14(16)20-13)17-10-7-12(19-3)11(18-2)6-9(10)15/h4-8,17H,1-3H3. The number of thiophene rings is 1. The molecule has 1 aromatic carbocycles. The Bertz CT molecular complexity index is 601. The molecule has 1 N–H and O–H groups in total. The Morgan fingerprint density at radius 2 is 1.75 bits per heavy atom. The minimum Gasteiger partial charge on any atom is -0.493 e. The molecule has 0 amide bonds. The average molecular weight is 332 g/mol. The van der Waals surface area contributed by atoms with Crippen LogP contribution in [-0.4, -0.2) is 14.2 Å². The fourth-order valence-electron chi connectivity index (χ4n) is 1.83. The Hall–Kier alpha value is -1.10. The van der Waals surface area contributed by atoms with E-state index in [9.17, 15) is 0 Å². The second-order valence-corrected chi connectivity index (χ2v) is 6.35. The summed E-state index contributed by atoms with van der Waals surface area (Å²) in [7, 11) is 3.18. The van der Waals surface area contributed by atoms with Gasteiger partial charge in [-0.3, -0.25) is 0 Å². The van der Waals surface area contributed by atoms with Gasteiger partial charge in [-0.25, -0.2) is 0 Å². The van der Waals surface area contributed by atoms with Crippen molar-refractivity contribution in [1.82, 2.24) is 0 Å². The molecule has 0 aliphatic heterocycles. The molecule has 0 saturated heterocycles. The van der Waals surface area contributed by atoms with Crippen LogP contribution in [-0.2, 0) is 0 Å². The van der Waals surface area contributed by atoms with Crippen LogP contribution in [0.4, 0.5) is 5.69 Å². The molecule has 0 bridgehead atoms. The van der Waals surface area contributed by atoms with Gasteiger partial charge in [-0.2, -0.15) is 0 Å². The van der Waals surface area contributed by atoms with Crippen LogP contribution in [0.3, 0.4) is 0 Å². The molecule has 0 aliphatic carbocycles. The van der Waals surface area contributed by atoms with Gasteiger partial charge in [-0.05, 0) is 19.1 Å². The number of hydrogen-bond donors (Lipinski definition) is 1. The Kier molecular flexibility index (Phi) is 5.02. The van der Waals surface area contributed by atoms with Crippen LogP contribution in [0.5, 0.6) is 11.5 Å². The molecule has 3 nitrogen and oxygen atoms in total. The predicted octanol–water partition coefficient (Wildman–Crippen LogP) is 5.25. The van der Waals surface area contributed by atoms with E-state index in [1.54, 1.807) is 31.6 Å². The first-order valence-corrected chi connectivity index (χ1v) is 7.55. The van der Waals surface area contributed by atoms with Gasteiger partial charge < -0.3 is 14.8 Å². The zero-order valence-electron chi connectivity index (χ0n) is 11.4. The quantitative estimate of drug-likeness (QED) is 0.812. The van der Waals surface area contributed by atoms with E-state index in [1.165, 1.54) is 0 Å². The summed E-state index contributed by atoms with van der Waals surface area (Å²) in [5, 5.41) is 3.93. The van der Waals surface area contributed by atoms with Gasteiger partial charge in [0.15, 0.2) is 11.5 Å². The van der Waals surface area contributed by atoms with Gasteiger partial charge in [-0.1, -0.05) is 23.2 Å². The second-order valence-electron chi connectivity index (χ2n) is 4.19. The van der Waals surface area contributed by atoms with E-state index < -0.39 is 0 Å². The van der Waals surface area contributed by atoms with E-state index in [2.05, 4.69) is 12.2 Å². The Morgan fingerprint density at radius 1 is 1.10 bits per heavy atom. The molecule has 1 aromatic heterocycles. The van der Waals surface area contributed by atoms with Crippen LogP contribution >= 0.6 is 34.5 Å². The summed E-state index contributed by atoms with van der Waals surface area (Å²) in [4.78, 5) is 1.14. The number of benzene rings is 1. The molecule has 1 atom stereocenters. The maximum atomic E-state index is 6.25. The molecular weight excluding hydrogens is 317 g/mol. The highest BCUT2D eigenvalue weighted by atomic mass is 35.5. The van der Waals surface area contributed by atoms with Crippen molar-refractivity contribution in [3.05, 3.63) is 38.5 Å². The second kappa shape index (κ2) is 6.57. The van der Waals surface area contributed by atoms with Crippen LogP contribution in [0.25, 0.3) is 0 Å². The van der Waals surface area contributed by atoms with Crippen LogP contribution in [0.15, 0.2) is 24.3 Å². The minimum absolute atomic E-state index is 0.100. The normalized spacial score (nSPS) is 12.1. The van der Waals surface area contributed by atoms with Crippen molar-refractivity contribution in [2.45, 2.75) is 13.0 Å². The molecule has 2 aromatic rings. The SMILES string of the molecule is COc1cc(Cl)c(NC(C)c2ccc(Cl)s2)cc1OC. The fraction of sp³-hybridized carbons (Fsp3) is 0.286. The first kappa shape index (κ1) is 15.3. The smallest absolute Gasteiger partial charge is 0.162 e. The maximum Gasteiger partial charge on any atom is 0.162 e. The Balaban J connectivity index is 2.24. The molecule has 1 heterocycles. The van der Waals surface area contributed by atoms with Crippen LogP contribution in [0.2, 0.25) is 9.36 Å². The highest BCUT2D eigenvalue weighted by Gasteiger charge is 2.13. The van der Waals surface area contributed by atoms with Crippen molar-refractivity contribution < 1.29 is 9.47 Å². The van der Waals surface area contributed by atoms with Gasteiger partial charge in [0, 0.05) is 17.0 Å². The van der Waals surface area contributed by atoms with E-state index in [0.717, 1.165) is 14.9 Å². The number of rotatable bonds is 5. The predicted molar refractivity (Wildman–Crippen MR) is 85.9 cm³/mol. The average Bonchev–Trinajstić information content (AvgIpc) is 2.87. The van der Waals surface area contributed by atoms with Crippen LogP contribution in [0.1, 0.15) is 17.8 Å². The number of methoxy groups -OCH3 is 2. The number of nitrogens with one attached hydrogen (secondary N) is 1. The molecule has 0 spiro atoms. The Labute approximate surface area is 132 Å². The largest absolute Gasteiger partial charge is 0.493 e. The molecule has 20 heavy (non-hydrogen) atoms. The third-order valence-electron chi connectivity index (χ3n) is 2.87. The van der Waals surface area contributed by atoms with Crippen molar-refractivity contribution >= 4 is 40.2 Å². The van der Waals surface area contributed by atoms with E-state index in [-0.39, 0.29) is 6.04 Å². The first-order chi connectivity index (χ1) is 9.55. The zero-order valence-corrected chi connectivity index (χ0v) is 13.7.